The largest absolute Gasteiger partial charge is 0.397 e. The van der Waals surface area contributed by atoms with Crippen molar-refractivity contribution in [2.75, 3.05) is 30.7 Å². The van der Waals surface area contributed by atoms with Gasteiger partial charge in [-0.3, -0.25) is 9.69 Å². The molecule has 0 atom stereocenters. The van der Waals surface area contributed by atoms with E-state index in [1.165, 1.54) is 19.3 Å². The number of halogens is 2. The van der Waals surface area contributed by atoms with Crippen LogP contribution in [0.25, 0.3) is 0 Å². The fourth-order valence-corrected chi connectivity index (χ4v) is 3.01. The number of carbonyl (C=O) groups excluding carboxylic acids is 1. The Morgan fingerprint density at radius 1 is 1.43 bits per heavy atom. The molecular formula is C15H21Cl2N3O. The first-order chi connectivity index (χ1) is 9.99. The van der Waals surface area contributed by atoms with Gasteiger partial charge in [-0.2, -0.15) is 0 Å². The molecule has 1 aliphatic carbocycles. The predicted molar refractivity (Wildman–Crippen MR) is 89.0 cm³/mol. The summed E-state index contributed by atoms with van der Waals surface area (Å²) in [6, 6.07) is 3.15. The SMILES string of the molecule is CCN(CC(=O)Nc1c(N)cc(Cl)cc1Cl)CC1CCC1. The standard InChI is InChI=1S/C15H21Cl2N3O/c1-2-20(8-10-4-3-5-10)9-14(21)19-15-12(17)6-11(16)7-13(15)18/h6-7,10H,2-5,8-9,18H2,1H3,(H,19,21). The Morgan fingerprint density at radius 3 is 2.67 bits per heavy atom. The highest BCUT2D eigenvalue weighted by molar-refractivity contribution is 6.37. The average Bonchev–Trinajstić information content (AvgIpc) is 2.36. The lowest BCUT2D eigenvalue weighted by atomic mass is 9.85. The molecule has 3 N–H and O–H groups in total. The van der Waals surface area contributed by atoms with Crippen molar-refractivity contribution >= 4 is 40.5 Å². The van der Waals surface area contributed by atoms with Crippen LogP contribution in [-0.2, 0) is 4.79 Å². The number of rotatable bonds is 6. The van der Waals surface area contributed by atoms with Crippen molar-refractivity contribution in [3.05, 3.63) is 22.2 Å². The van der Waals surface area contributed by atoms with E-state index in [2.05, 4.69) is 17.1 Å². The molecule has 1 fully saturated rings. The minimum atomic E-state index is -0.105. The third-order valence-corrected chi connectivity index (χ3v) is 4.42. The molecule has 1 saturated carbocycles. The van der Waals surface area contributed by atoms with E-state index in [0.717, 1.165) is 19.0 Å². The summed E-state index contributed by atoms with van der Waals surface area (Å²) < 4.78 is 0. The van der Waals surface area contributed by atoms with Gasteiger partial charge in [-0.1, -0.05) is 36.5 Å². The van der Waals surface area contributed by atoms with Crippen molar-refractivity contribution in [2.45, 2.75) is 26.2 Å². The van der Waals surface area contributed by atoms with Gasteiger partial charge in [0.2, 0.25) is 5.91 Å². The van der Waals surface area contributed by atoms with E-state index in [1.807, 2.05) is 0 Å². The summed E-state index contributed by atoms with van der Waals surface area (Å²) in [6.45, 7) is 4.25. The molecule has 0 aromatic heterocycles. The lowest BCUT2D eigenvalue weighted by Gasteiger charge is -2.31. The summed E-state index contributed by atoms with van der Waals surface area (Å²) in [5, 5.41) is 3.59. The van der Waals surface area contributed by atoms with Crippen LogP contribution in [-0.4, -0.2) is 30.4 Å². The molecule has 6 heteroatoms. The number of nitrogen functional groups attached to an aromatic ring is 1. The molecule has 1 aromatic rings. The first-order valence-electron chi connectivity index (χ1n) is 7.26. The molecule has 0 heterocycles. The zero-order chi connectivity index (χ0) is 15.4. The van der Waals surface area contributed by atoms with Crippen LogP contribution in [0.1, 0.15) is 26.2 Å². The van der Waals surface area contributed by atoms with Gasteiger partial charge < -0.3 is 11.1 Å². The maximum Gasteiger partial charge on any atom is 0.238 e. The summed E-state index contributed by atoms with van der Waals surface area (Å²) in [7, 11) is 0. The van der Waals surface area contributed by atoms with Gasteiger partial charge in [0.05, 0.1) is 22.9 Å². The van der Waals surface area contributed by atoms with Gasteiger partial charge in [0.15, 0.2) is 0 Å². The molecule has 0 bridgehead atoms. The van der Waals surface area contributed by atoms with Crippen molar-refractivity contribution < 1.29 is 4.79 Å². The molecule has 2 rings (SSSR count). The van der Waals surface area contributed by atoms with Crippen molar-refractivity contribution in [3.63, 3.8) is 0 Å². The molecule has 0 radical (unpaired) electrons. The van der Waals surface area contributed by atoms with Gasteiger partial charge in [-0.25, -0.2) is 0 Å². The second kappa shape index (κ2) is 7.34. The third-order valence-electron chi connectivity index (χ3n) is 3.91. The van der Waals surface area contributed by atoms with Crippen LogP contribution < -0.4 is 11.1 Å². The zero-order valence-corrected chi connectivity index (χ0v) is 13.7. The Hall–Kier alpha value is -0.970. The molecule has 1 amide bonds. The maximum absolute atomic E-state index is 12.2. The van der Waals surface area contributed by atoms with Gasteiger partial charge in [0, 0.05) is 11.6 Å². The molecule has 0 spiro atoms. The van der Waals surface area contributed by atoms with Gasteiger partial charge in [-0.05, 0) is 37.4 Å². The molecule has 0 saturated heterocycles. The van der Waals surface area contributed by atoms with Crippen LogP contribution in [0.5, 0.6) is 0 Å². The van der Waals surface area contributed by atoms with E-state index in [4.69, 9.17) is 28.9 Å². The second-order valence-corrected chi connectivity index (χ2v) is 6.37. The fraction of sp³-hybridized carbons (Fsp3) is 0.533. The molecule has 0 unspecified atom stereocenters. The van der Waals surface area contributed by atoms with E-state index < -0.39 is 0 Å². The van der Waals surface area contributed by atoms with E-state index in [1.54, 1.807) is 12.1 Å². The lowest BCUT2D eigenvalue weighted by molar-refractivity contribution is -0.117. The maximum atomic E-state index is 12.2. The number of nitrogens with zero attached hydrogens (tertiary/aromatic N) is 1. The number of nitrogens with one attached hydrogen (secondary N) is 1. The molecule has 0 aliphatic heterocycles. The molecule has 21 heavy (non-hydrogen) atoms. The number of nitrogens with two attached hydrogens (primary N) is 1. The summed E-state index contributed by atoms with van der Waals surface area (Å²) in [5.41, 5.74) is 6.66. The Morgan fingerprint density at radius 2 is 2.14 bits per heavy atom. The number of carbonyl (C=O) groups is 1. The number of hydrogen-bond acceptors (Lipinski definition) is 3. The normalized spacial score (nSPS) is 15.0. The number of amides is 1. The molecular weight excluding hydrogens is 309 g/mol. The minimum absolute atomic E-state index is 0.105. The number of likely N-dealkylation sites (N-methyl/N-ethyl adjacent to an activating group) is 1. The first kappa shape index (κ1) is 16.4. The summed E-state index contributed by atoms with van der Waals surface area (Å²) in [5.74, 6) is 0.633. The summed E-state index contributed by atoms with van der Waals surface area (Å²) in [4.78, 5) is 14.3. The molecule has 1 aromatic carbocycles. The first-order valence-corrected chi connectivity index (χ1v) is 8.02. The van der Waals surface area contributed by atoms with Gasteiger partial charge in [0.25, 0.3) is 0 Å². The highest BCUT2D eigenvalue weighted by Crippen LogP contribution is 2.32. The van der Waals surface area contributed by atoms with Crippen LogP contribution in [0.4, 0.5) is 11.4 Å². The Labute approximate surface area is 135 Å². The van der Waals surface area contributed by atoms with Crippen molar-refractivity contribution in [2.24, 2.45) is 5.92 Å². The fourth-order valence-electron chi connectivity index (χ4n) is 2.45. The van der Waals surface area contributed by atoms with Gasteiger partial charge >= 0.3 is 0 Å². The average molecular weight is 330 g/mol. The van der Waals surface area contributed by atoms with E-state index in [9.17, 15) is 4.79 Å². The van der Waals surface area contributed by atoms with Crippen molar-refractivity contribution in [1.29, 1.82) is 0 Å². The van der Waals surface area contributed by atoms with Crippen LogP contribution in [0, 0.1) is 5.92 Å². The van der Waals surface area contributed by atoms with Crippen LogP contribution in [0.3, 0.4) is 0 Å². The van der Waals surface area contributed by atoms with Crippen LogP contribution in [0.15, 0.2) is 12.1 Å². The van der Waals surface area contributed by atoms with Gasteiger partial charge in [-0.15, -0.1) is 0 Å². The summed E-state index contributed by atoms with van der Waals surface area (Å²) in [6.07, 6.45) is 3.85. The number of hydrogen-bond donors (Lipinski definition) is 2. The van der Waals surface area contributed by atoms with E-state index in [0.29, 0.717) is 28.0 Å². The Balaban J connectivity index is 1.94. The number of benzene rings is 1. The second-order valence-electron chi connectivity index (χ2n) is 5.52. The monoisotopic (exact) mass is 329 g/mol. The van der Waals surface area contributed by atoms with Crippen LogP contribution in [0.2, 0.25) is 10.0 Å². The lowest BCUT2D eigenvalue weighted by Crippen LogP contribution is -2.38. The van der Waals surface area contributed by atoms with E-state index >= 15 is 0 Å². The van der Waals surface area contributed by atoms with E-state index in [-0.39, 0.29) is 5.91 Å². The van der Waals surface area contributed by atoms with Crippen LogP contribution >= 0.6 is 23.2 Å². The number of anilines is 2. The quantitative estimate of drug-likeness (QED) is 0.783. The molecule has 4 nitrogen and oxygen atoms in total. The summed E-state index contributed by atoms with van der Waals surface area (Å²) >= 11 is 11.9. The van der Waals surface area contributed by atoms with Gasteiger partial charge in [0.1, 0.15) is 0 Å². The highest BCUT2D eigenvalue weighted by atomic mass is 35.5. The van der Waals surface area contributed by atoms with Crippen molar-refractivity contribution in [1.82, 2.24) is 4.90 Å². The topological polar surface area (TPSA) is 58.4 Å². The smallest absolute Gasteiger partial charge is 0.238 e. The highest BCUT2D eigenvalue weighted by Gasteiger charge is 2.21. The minimum Gasteiger partial charge on any atom is -0.397 e. The Bertz CT molecular complexity index is 495. The molecule has 116 valence electrons. The zero-order valence-electron chi connectivity index (χ0n) is 12.2. The predicted octanol–water partition coefficient (Wildman–Crippen LogP) is 3.64. The molecule has 1 aliphatic rings. The third kappa shape index (κ3) is 4.50. The van der Waals surface area contributed by atoms with Crippen molar-refractivity contribution in [3.8, 4) is 0 Å². The Kier molecular flexibility index (Phi) is 5.73.